The highest BCUT2D eigenvalue weighted by molar-refractivity contribution is 5.77. The molecule has 0 amide bonds. The average molecular weight is 534 g/mol. The molecular weight excluding hydrogens is 492 g/mol. The quantitative estimate of drug-likeness (QED) is 0.287. The SMILES string of the molecule is C=C(CCC)C1CCc2c(c(N3CCCc4cc(-c5cnn(C)c5)c(C(F)F)cc43)nn2C2CCCCC2)C1. The Kier molecular flexibility index (Phi) is 7.34. The molecule has 5 nitrogen and oxygen atoms in total. The first-order valence-corrected chi connectivity index (χ1v) is 14.9. The summed E-state index contributed by atoms with van der Waals surface area (Å²) in [6, 6.07) is 4.17. The number of rotatable bonds is 7. The molecule has 0 saturated heterocycles. The Hall–Kier alpha value is -2.96. The summed E-state index contributed by atoms with van der Waals surface area (Å²) in [5, 5.41) is 9.59. The van der Waals surface area contributed by atoms with E-state index in [1.807, 2.05) is 19.3 Å². The van der Waals surface area contributed by atoms with Crippen molar-refractivity contribution in [2.75, 3.05) is 11.4 Å². The summed E-state index contributed by atoms with van der Waals surface area (Å²) in [7, 11) is 1.82. The molecular formula is C32H41F2N5. The van der Waals surface area contributed by atoms with Crippen molar-refractivity contribution >= 4 is 11.5 Å². The van der Waals surface area contributed by atoms with Crippen LogP contribution < -0.4 is 4.90 Å². The molecule has 6 rings (SSSR count). The van der Waals surface area contributed by atoms with Gasteiger partial charge in [-0.3, -0.25) is 9.36 Å². The third kappa shape index (κ3) is 4.93. The van der Waals surface area contributed by atoms with Crippen LogP contribution in [0.25, 0.3) is 11.1 Å². The second kappa shape index (κ2) is 10.9. The van der Waals surface area contributed by atoms with E-state index in [0.29, 0.717) is 17.5 Å². The van der Waals surface area contributed by atoms with Crippen LogP contribution >= 0.6 is 0 Å². The summed E-state index contributed by atoms with van der Waals surface area (Å²) >= 11 is 0. The van der Waals surface area contributed by atoms with E-state index in [-0.39, 0.29) is 5.56 Å². The van der Waals surface area contributed by atoms with Gasteiger partial charge in [-0.05, 0) is 80.5 Å². The van der Waals surface area contributed by atoms with Gasteiger partial charge in [-0.25, -0.2) is 8.78 Å². The molecule has 0 bridgehead atoms. The lowest BCUT2D eigenvalue weighted by molar-refractivity contribution is 0.152. The van der Waals surface area contributed by atoms with Gasteiger partial charge in [0.05, 0.1) is 12.2 Å². The van der Waals surface area contributed by atoms with Gasteiger partial charge in [0.25, 0.3) is 6.43 Å². The molecule has 3 heterocycles. The zero-order valence-corrected chi connectivity index (χ0v) is 23.4. The normalized spacial score (nSPS) is 19.8. The first-order valence-electron chi connectivity index (χ1n) is 14.9. The molecule has 0 radical (unpaired) electrons. The van der Waals surface area contributed by atoms with Crippen LogP contribution in [0.1, 0.15) is 99.6 Å². The molecule has 1 atom stereocenters. The second-order valence-electron chi connectivity index (χ2n) is 11.9. The van der Waals surface area contributed by atoms with Crippen LogP contribution in [0.3, 0.4) is 0 Å². The number of allylic oxidation sites excluding steroid dienone is 1. The highest BCUT2D eigenvalue weighted by Gasteiger charge is 2.34. The van der Waals surface area contributed by atoms with E-state index in [1.165, 1.54) is 48.9 Å². The van der Waals surface area contributed by atoms with Crippen molar-refractivity contribution in [3.8, 4) is 11.1 Å². The van der Waals surface area contributed by atoms with Crippen LogP contribution in [0.2, 0.25) is 0 Å². The van der Waals surface area contributed by atoms with E-state index >= 15 is 0 Å². The van der Waals surface area contributed by atoms with Crippen molar-refractivity contribution in [2.24, 2.45) is 13.0 Å². The number of fused-ring (bicyclic) bond motifs is 2. The lowest BCUT2D eigenvalue weighted by atomic mass is 9.81. The van der Waals surface area contributed by atoms with Crippen LogP contribution in [-0.4, -0.2) is 26.1 Å². The Balaban J connectivity index is 1.45. The van der Waals surface area contributed by atoms with Crippen LogP contribution in [0.4, 0.5) is 20.3 Å². The molecule has 39 heavy (non-hydrogen) atoms. The van der Waals surface area contributed by atoms with E-state index in [0.717, 1.165) is 74.1 Å². The molecule has 1 fully saturated rings. The summed E-state index contributed by atoms with van der Waals surface area (Å²) in [5.41, 5.74) is 7.47. The monoisotopic (exact) mass is 533 g/mol. The molecule has 208 valence electrons. The highest BCUT2D eigenvalue weighted by Crippen LogP contribution is 2.45. The first-order chi connectivity index (χ1) is 18.9. The summed E-state index contributed by atoms with van der Waals surface area (Å²) in [6.07, 6.45) is 14.3. The Bertz CT molecular complexity index is 1350. The molecule has 1 saturated carbocycles. The molecule has 0 spiro atoms. The number of hydrogen-bond acceptors (Lipinski definition) is 3. The van der Waals surface area contributed by atoms with Crippen LogP contribution in [0, 0.1) is 5.92 Å². The van der Waals surface area contributed by atoms with Gasteiger partial charge in [0.15, 0.2) is 5.82 Å². The molecule has 1 aromatic carbocycles. The third-order valence-corrected chi connectivity index (χ3v) is 9.22. The summed E-state index contributed by atoms with van der Waals surface area (Å²) in [5.74, 6) is 1.47. The maximum absolute atomic E-state index is 14.5. The number of aryl methyl sites for hydroxylation is 2. The Labute approximate surface area is 230 Å². The van der Waals surface area contributed by atoms with Gasteiger partial charge >= 0.3 is 0 Å². The minimum Gasteiger partial charge on any atom is -0.324 e. The molecule has 3 aliphatic rings. The summed E-state index contributed by atoms with van der Waals surface area (Å²) < 4.78 is 33.0. The van der Waals surface area contributed by atoms with Gasteiger partial charge in [0.1, 0.15) is 0 Å². The smallest absolute Gasteiger partial charge is 0.264 e. The first kappa shape index (κ1) is 26.3. The molecule has 1 unspecified atom stereocenters. The van der Waals surface area contributed by atoms with Gasteiger partial charge in [-0.2, -0.15) is 10.2 Å². The van der Waals surface area contributed by atoms with Crippen molar-refractivity contribution in [3.63, 3.8) is 0 Å². The second-order valence-corrected chi connectivity index (χ2v) is 11.9. The van der Waals surface area contributed by atoms with Gasteiger partial charge in [-0.15, -0.1) is 0 Å². The number of aromatic nitrogens is 4. The number of halogens is 2. The van der Waals surface area contributed by atoms with Crippen molar-refractivity contribution in [1.82, 2.24) is 19.6 Å². The fraction of sp³-hybridized carbons (Fsp3) is 0.562. The van der Waals surface area contributed by atoms with E-state index in [4.69, 9.17) is 5.10 Å². The summed E-state index contributed by atoms with van der Waals surface area (Å²) in [4.78, 5) is 2.26. The topological polar surface area (TPSA) is 38.9 Å². The van der Waals surface area contributed by atoms with Crippen molar-refractivity contribution in [3.05, 3.63) is 59.1 Å². The van der Waals surface area contributed by atoms with Gasteiger partial charge < -0.3 is 4.90 Å². The van der Waals surface area contributed by atoms with E-state index in [9.17, 15) is 8.78 Å². The Morgan fingerprint density at radius 1 is 1.10 bits per heavy atom. The van der Waals surface area contributed by atoms with Crippen LogP contribution in [-0.2, 0) is 26.3 Å². The van der Waals surface area contributed by atoms with Gasteiger partial charge in [-0.1, -0.05) is 44.8 Å². The highest BCUT2D eigenvalue weighted by atomic mass is 19.3. The van der Waals surface area contributed by atoms with Gasteiger partial charge in [0, 0.05) is 47.9 Å². The average Bonchev–Trinajstić information content (AvgIpc) is 3.56. The zero-order chi connectivity index (χ0) is 27.1. The largest absolute Gasteiger partial charge is 0.324 e. The molecule has 2 aromatic heterocycles. The number of anilines is 2. The zero-order valence-electron chi connectivity index (χ0n) is 23.4. The van der Waals surface area contributed by atoms with E-state index in [2.05, 4.69) is 28.2 Å². The van der Waals surface area contributed by atoms with Crippen LogP contribution in [0.5, 0.6) is 0 Å². The van der Waals surface area contributed by atoms with Crippen molar-refractivity contribution in [2.45, 2.75) is 96.4 Å². The minimum absolute atomic E-state index is 0.0726. The maximum Gasteiger partial charge on any atom is 0.264 e. The Morgan fingerprint density at radius 3 is 2.64 bits per heavy atom. The van der Waals surface area contributed by atoms with E-state index in [1.54, 1.807) is 16.9 Å². The molecule has 7 heteroatoms. The van der Waals surface area contributed by atoms with Crippen molar-refractivity contribution in [1.29, 1.82) is 0 Å². The fourth-order valence-corrected chi connectivity index (χ4v) is 7.20. The fourth-order valence-electron chi connectivity index (χ4n) is 7.20. The predicted molar refractivity (Wildman–Crippen MR) is 153 cm³/mol. The minimum atomic E-state index is -2.57. The summed E-state index contributed by atoms with van der Waals surface area (Å²) in [6.45, 7) is 7.48. The molecule has 1 aliphatic heterocycles. The lowest BCUT2D eigenvalue weighted by Crippen LogP contribution is -2.27. The third-order valence-electron chi connectivity index (χ3n) is 9.22. The van der Waals surface area contributed by atoms with Gasteiger partial charge in [0.2, 0.25) is 0 Å². The number of alkyl halides is 2. The van der Waals surface area contributed by atoms with Crippen LogP contribution in [0.15, 0.2) is 36.7 Å². The lowest BCUT2D eigenvalue weighted by Gasteiger charge is -2.33. The van der Waals surface area contributed by atoms with E-state index < -0.39 is 6.43 Å². The number of nitrogens with zero attached hydrogens (tertiary/aromatic N) is 5. The molecule has 0 N–H and O–H groups in total. The predicted octanol–water partition coefficient (Wildman–Crippen LogP) is 8.27. The molecule has 3 aromatic rings. The maximum atomic E-state index is 14.5. The number of hydrogen-bond donors (Lipinski definition) is 0. The molecule has 2 aliphatic carbocycles. The Morgan fingerprint density at radius 2 is 1.92 bits per heavy atom. The standard InChI is InChI=1S/C32H41F2N5/c1-4-9-21(2)22-13-14-29-28(16-22)32(36-39(29)25-11-6-5-7-12-25)38-15-8-10-23-17-26(24-19-35-37(3)20-24)27(31(33)34)18-30(23)38/h17-20,22,25,31H,2,4-16H2,1,3H3. The number of benzene rings is 1. The van der Waals surface area contributed by atoms with Crippen molar-refractivity contribution < 1.29 is 8.78 Å².